The zero-order valence-electron chi connectivity index (χ0n) is 15.2. The summed E-state index contributed by atoms with van der Waals surface area (Å²) in [5.41, 5.74) is 9.74. The maximum Gasteiger partial charge on any atom is 0.255 e. The number of fused-ring (bicyclic) bond motifs is 1. The Morgan fingerprint density at radius 1 is 1.11 bits per heavy atom. The number of amides is 2. The van der Waals surface area contributed by atoms with Gasteiger partial charge in [-0.15, -0.1) is 0 Å². The van der Waals surface area contributed by atoms with Gasteiger partial charge in [0, 0.05) is 24.3 Å². The zero-order valence-corrected chi connectivity index (χ0v) is 15.2. The van der Waals surface area contributed by atoms with Crippen LogP contribution >= 0.6 is 0 Å². The number of anilines is 1. The number of carbonyl (C=O) groups is 2. The van der Waals surface area contributed by atoms with E-state index in [0.29, 0.717) is 12.1 Å². The van der Waals surface area contributed by atoms with E-state index in [4.69, 9.17) is 5.73 Å². The van der Waals surface area contributed by atoms with Crippen LogP contribution in [0.5, 0.6) is 0 Å². The lowest BCUT2D eigenvalue weighted by Gasteiger charge is -2.28. The fraction of sp³-hybridized carbons (Fsp3) is 0.200. The molecule has 2 heterocycles. The molecule has 0 saturated carbocycles. The maximum atomic E-state index is 12.6. The van der Waals surface area contributed by atoms with Crippen molar-refractivity contribution in [3.05, 3.63) is 71.8 Å². The average Bonchev–Trinajstić information content (AvgIpc) is 3.22. The molecule has 1 aliphatic rings. The van der Waals surface area contributed by atoms with Crippen LogP contribution in [0.15, 0.2) is 55.1 Å². The van der Waals surface area contributed by atoms with Crippen LogP contribution in [0.1, 0.15) is 21.5 Å². The topological polar surface area (TPSA) is 106 Å². The summed E-state index contributed by atoms with van der Waals surface area (Å²) in [5, 5.41) is 7.00. The third-order valence-electron chi connectivity index (χ3n) is 4.75. The standard InChI is InChI=1S/C20H20N6O2/c21-19(27)11-25-8-7-14-1-4-17(9-16(14)10-25)24-20(28)15-2-5-18(6-3-15)26-13-22-12-23-26/h1-6,9,12-13H,7-8,10-11H2,(H2,21,27)(H,24,28). The molecule has 3 aromatic rings. The summed E-state index contributed by atoms with van der Waals surface area (Å²) in [5.74, 6) is -0.517. The molecule has 0 aliphatic carbocycles. The summed E-state index contributed by atoms with van der Waals surface area (Å²) in [4.78, 5) is 29.7. The number of nitrogens with two attached hydrogens (primary N) is 1. The first-order chi connectivity index (χ1) is 13.6. The predicted molar refractivity (Wildman–Crippen MR) is 104 cm³/mol. The van der Waals surface area contributed by atoms with E-state index in [1.807, 2.05) is 35.2 Å². The van der Waals surface area contributed by atoms with Gasteiger partial charge in [-0.2, -0.15) is 5.10 Å². The Labute approximate surface area is 162 Å². The molecule has 2 aromatic carbocycles. The fourth-order valence-corrected chi connectivity index (χ4v) is 3.36. The van der Waals surface area contributed by atoms with Gasteiger partial charge in [-0.05, 0) is 53.9 Å². The molecule has 0 saturated heterocycles. The number of benzene rings is 2. The highest BCUT2D eigenvalue weighted by Crippen LogP contribution is 2.23. The zero-order chi connectivity index (χ0) is 19.5. The first kappa shape index (κ1) is 17.9. The van der Waals surface area contributed by atoms with Crippen molar-refractivity contribution < 1.29 is 9.59 Å². The molecule has 0 unspecified atom stereocenters. The van der Waals surface area contributed by atoms with Crippen molar-refractivity contribution in [1.29, 1.82) is 0 Å². The third-order valence-corrected chi connectivity index (χ3v) is 4.75. The minimum Gasteiger partial charge on any atom is -0.369 e. The summed E-state index contributed by atoms with van der Waals surface area (Å²) in [6.45, 7) is 1.70. The van der Waals surface area contributed by atoms with Crippen molar-refractivity contribution in [3.8, 4) is 5.69 Å². The van der Waals surface area contributed by atoms with Crippen LogP contribution < -0.4 is 11.1 Å². The molecule has 3 N–H and O–H groups in total. The number of carbonyl (C=O) groups excluding carboxylic acids is 2. The van der Waals surface area contributed by atoms with Gasteiger partial charge in [0.15, 0.2) is 0 Å². The molecular formula is C20H20N6O2. The van der Waals surface area contributed by atoms with E-state index < -0.39 is 0 Å². The second kappa shape index (κ2) is 7.61. The summed E-state index contributed by atoms with van der Waals surface area (Å²) in [6.07, 6.45) is 3.92. The van der Waals surface area contributed by atoms with Crippen LogP contribution in [0.25, 0.3) is 5.69 Å². The Morgan fingerprint density at radius 3 is 2.64 bits per heavy atom. The molecule has 142 valence electrons. The van der Waals surface area contributed by atoms with Crippen LogP contribution in [0.2, 0.25) is 0 Å². The van der Waals surface area contributed by atoms with E-state index in [1.54, 1.807) is 23.1 Å². The minimum absolute atomic E-state index is 0.185. The van der Waals surface area contributed by atoms with Crippen molar-refractivity contribution >= 4 is 17.5 Å². The monoisotopic (exact) mass is 376 g/mol. The van der Waals surface area contributed by atoms with Gasteiger partial charge in [-0.25, -0.2) is 9.67 Å². The van der Waals surface area contributed by atoms with E-state index in [-0.39, 0.29) is 18.4 Å². The lowest BCUT2D eigenvalue weighted by Crippen LogP contribution is -2.37. The number of nitrogens with zero attached hydrogens (tertiary/aromatic N) is 4. The van der Waals surface area contributed by atoms with E-state index in [1.165, 1.54) is 11.9 Å². The Morgan fingerprint density at radius 2 is 1.93 bits per heavy atom. The van der Waals surface area contributed by atoms with Crippen LogP contribution in [0.4, 0.5) is 5.69 Å². The van der Waals surface area contributed by atoms with Crippen LogP contribution in [-0.4, -0.2) is 44.6 Å². The van der Waals surface area contributed by atoms with Gasteiger partial charge >= 0.3 is 0 Å². The second-order valence-corrected chi connectivity index (χ2v) is 6.75. The Bertz CT molecular complexity index is 998. The normalized spacial score (nSPS) is 13.7. The summed E-state index contributed by atoms with van der Waals surface area (Å²) < 4.78 is 1.63. The van der Waals surface area contributed by atoms with Gasteiger partial charge in [0.1, 0.15) is 12.7 Å². The Balaban J connectivity index is 1.45. The van der Waals surface area contributed by atoms with Gasteiger partial charge in [-0.1, -0.05) is 6.07 Å². The molecule has 0 radical (unpaired) electrons. The lowest BCUT2D eigenvalue weighted by molar-refractivity contribution is -0.119. The quantitative estimate of drug-likeness (QED) is 0.699. The molecule has 0 fully saturated rings. The van der Waals surface area contributed by atoms with E-state index in [0.717, 1.165) is 29.9 Å². The molecule has 28 heavy (non-hydrogen) atoms. The Kier molecular flexibility index (Phi) is 4.86. The lowest BCUT2D eigenvalue weighted by atomic mass is 9.99. The van der Waals surface area contributed by atoms with Gasteiger partial charge in [-0.3, -0.25) is 14.5 Å². The number of rotatable bonds is 5. The van der Waals surface area contributed by atoms with Gasteiger partial charge in [0.05, 0.1) is 12.2 Å². The molecule has 0 bridgehead atoms. The maximum absolute atomic E-state index is 12.6. The third kappa shape index (κ3) is 3.91. The van der Waals surface area contributed by atoms with Crippen molar-refractivity contribution in [2.75, 3.05) is 18.4 Å². The molecular weight excluding hydrogens is 356 g/mol. The van der Waals surface area contributed by atoms with Crippen molar-refractivity contribution in [3.63, 3.8) is 0 Å². The average molecular weight is 376 g/mol. The van der Waals surface area contributed by atoms with Crippen LogP contribution in [0.3, 0.4) is 0 Å². The second-order valence-electron chi connectivity index (χ2n) is 6.75. The van der Waals surface area contributed by atoms with Gasteiger partial charge in [0.2, 0.25) is 5.91 Å². The molecule has 1 aliphatic heterocycles. The first-order valence-electron chi connectivity index (χ1n) is 8.97. The van der Waals surface area contributed by atoms with E-state index >= 15 is 0 Å². The number of aromatic nitrogens is 3. The van der Waals surface area contributed by atoms with Crippen molar-refractivity contribution in [1.82, 2.24) is 19.7 Å². The largest absolute Gasteiger partial charge is 0.369 e. The van der Waals surface area contributed by atoms with Gasteiger partial charge in [0.25, 0.3) is 5.91 Å². The molecule has 1 aromatic heterocycles. The number of nitrogens with one attached hydrogen (secondary N) is 1. The van der Waals surface area contributed by atoms with Gasteiger partial charge < -0.3 is 11.1 Å². The highest BCUT2D eigenvalue weighted by Gasteiger charge is 2.18. The summed E-state index contributed by atoms with van der Waals surface area (Å²) in [7, 11) is 0. The number of hydrogen-bond acceptors (Lipinski definition) is 5. The van der Waals surface area contributed by atoms with Crippen LogP contribution in [-0.2, 0) is 17.8 Å². The van der Waals surface area contributed by atoms with Crippen LogP contribution in [0, 0.1) is 0 Å². The van der Waals surface area contributed by atoms with Crippen molar-refractivity contribution in [2.45, 2.75) is 13.0 Å². The highest BCUT2D eigenvalue weighted by molar-refractivity contribution is 6.04. The molecule has 8 heteroatoms. The fourth-order valence-electron chi connectivity index (χ4n) is 3.36. The van der Waals surface area contributed by atoms with Crippen molar-refractivity contribution in [2.24, 2.45) is 5.73 Å². The highest BCUT2D eigenvalue weighted by atomic mass is 16.2. The smallest absolute Gasteiger partial charge is 0.255 e. The first-order valence-corrected chi connectivity index (χ1v) is 8.97. The molecule has 0 spiro atoms. The van der Waals surface area contributed by atoms with E-state index in [9.17, 15) is 9.59 Å². The summed E-state index contributed by atoms with van der Waals surface area (Å²) in [6, 6.07) is 13.0. The molecule has 4 rings (SSSR count). The Hall–Kier alpha value is -3.52. The molecule has 8 nitrogen and oxygen atoms in total. The molecule has 0 atom stereocenters. The SMILES string of the molecule is NC(=O)CN1CCc2ccc(NC(=O)c3ccc(-n4cncn4)cc3)cc2C1. The number of hydrogen-bond donors (Lipinski definition) is 2. The summed E-state index contributed by atoms with van der Waals surface area (Å²) >= 11 is 0. The number of primary amides is 1. The predicted octanol–water partition coefficient (Wildman–Crippen LogP) is 1.36. The minimum atomic E-state index is -0.331. The molecule has 2 amide bonds. The van der Waals surface area contributed by atoms with E-state index in [2.05, 4.69) is 15.4 Å².